The van der Waals surface area contributed by atoms with Crippen molar-refractivity contribution in [1.29, 1.82) is 0 Å². The van der Waals surface area contributed by atoms with Crippen LogP contribution in [0.4, 0.5) is 0 Å². The lowest BCUT2D eigenvalue weighted by Crippen LogP contribution is -2.50. The van der Waals surface area contributed by atoms with Crippen molar-refractivity contribution in [3.63, 3.8) is 0 Å². The monoisotopic (exact) mass is 309 g/mol. The first-order valence-corrected chi connectivity index (χ1v) is 8.72. The SMILES string of the molecule is CC(=O)N1CCN(C(=O)CCNC2CC(C)CC(C)C2)CC1. The maximum atomic E-state index is 12.2. The van der Waals surface area contributed by atoms with Crippen LogP contribution in [-0.4, -0.2) is 60.4 Å². The summed E-state index contributed by atoms with van der Waals surface area (Å²) in [7, 11) is 0. The lowest BCUT2D eigenvalue weighted by Gasteiger charge is -2.35. The fraction of sp³-hybridized carbons (Fsp3) is 0.882. The van der Waals surface area contributed by atoms with Crippen LogP contribution in [-0.2, 0) is 9.59 Å². The Morgan fingerprint density at radius 3 is 2.05 bits per heavy atom. The van der Waals surface area contributed by atoms with Gasteiger partial charge in [0.2, 0.25) is 11.8 Å². The zero-order valence-electron chi connectivity index (χ0n) is 14.3. The number of nitrogens with zero attached hydrogens (tertiary/aromatic N) is 2. The Morgan fingerprint density at radius 2 is 1.50 bits per heavy atom. The highest BCUT2D eigenvalue weighted by Gasteiger charge is 2.25. The Kier molecular flexibility index (Phi) is 6.24. The van der Waals surface area contributed by atoms with Gasteiger partial charge in [0, 0.05) is 52.1 Å². The molecule has 0 aromatic heterocycles. The van der Waals surface area contributed by atoms with Crippen molar-refractivity contribution < 1.29 is 9.59 Å². The molecule has 2 aliphatic rings. The number of amides is 2. The standard InChI is InChI=1S/C17H31N3O2/c1-13-10-14(2)12-16(11-13)18-5-4-17(22)20-8-6-19(7-9-20)15(3)21/h13-14,16,18H,4-12H2,1-3H3. The molecule has 1 saturated heterocycles. The molecule has 1 aliphatic carbocycles. The van der Waals surface area contributed by atoms with Crippen LogP contribution in [0, 0.1) is 11.8 Å². The number of nitrogens with one attached hydrogen (secondary N) is 1. The predicted octanol–water partition coefficient (Wildman–Crippen LogP) is 1.48. The first kappa shape index (κ1) is 17.3. The van der Waals surface area contributed by atoms with Gasteiger partial charge in [0.05, 0.1) is 0 Å². The van der Waals surface area contributed by atoms with E-state index in [4.69, 9.17) is 0 Å². The van der Waals surface area contributed by atoms with Gasteiger partial charge in [-0.25, -0.2) is 0 Å². The minimum atomic E-state index is 0.106. The maximum Gasteiger partial charge on any atom is 0.223 e. The number of carbonyl (C=O) groups excluding carboxylic acids is 2. The lowest BCUT2D eigenvalue weighted by molar-refractivity contribution is -0.138. The fourth-order valence-electron chi connectivity index (χ4n) is 3.93. The Balaban J connectivity index is 1.65. The Labute approximate surface area is 134 Å². The molecular formula is C17H31N3O2. The van der Waals surface area contributed by atoms with Gasteiger partial charge in [-0.2, -0.15) is 0 Å². The molecule has 2 rings (SSSR count). The molecule has 22 heavy (non-hydrogen) atoms. The summed E-state index contributed by atoms with van der Waals surface area (Å²) in [5.41, 5.74) is 0. The summed E-state index contributed by atoms with van der Waals surface area (Å²) in [4.78, 5) is 27.2. The average molecular weight is 309 g/mol. The van der Waals surface area contributed by atoms with Gasteiger partial charge in [0.1, 0.15) is 0 Å². The van der Waals surface area contributed by atoms with Crippen LogP contribution in [0.25, 0.3) is 0 Å². The summed E-state index contributed by atoms with van der Waals surface area (Å²) < 4.78 is 0. The van der Waals surface area contributed by atoms with E-state index < -0.39 is 0 Å². The van der Waals surface area contributed by atoms with E-state index in [1.54, 1.807) is 6.92 Å². The second kappa shape index (κ2) is 7.95. The van der Waals surface area contributed by atoms with Crippen molar-refractivity contribution in [1.82, 2.24) is 15.1 Å². The molecule has 0 bridgehead atoms. The van der Waals surface area contributed by atoms with E-state index in [1.807, 2.05) is 9.80 Å². The van der Waals surface area contributed by atoms with Crippen molar-refractivity contribution in [2.45, 2.75) is 52.5 Å². The molecule has 1 N–H and O–H groups in total. The van der Waals surface area contributed by atoms with E-state index in [1.165, 1.54) is 19.3 Å². The molecule has 2 unspecified atom stereocenters. The summed E-state index contributed by atoms with van der Waals surface area (Å²) in [5, 5.41) is 3.57. The molecule has 5 heteroatoms. The first-order valence-electron chi connectivity index (χ1n) is 8.72. The highest BCUT2D eigenvalue weighted by atomic mass is 16.2. The molecule has 1 heterocycles. The maximum absolute atomic E-state index is 12.2. The van der Waals surface area contributed by atoms with Crippen LogP contribution in [0.15, 0.2) is 0 Å². The highest BCUT2D eigenvalue weighted by molar-refractivity contribution is 5.77. The predicted molar refractivity (Wildman–Crippen MR) is 87.4 cm³/mol. The van der Waals surface area contributed by atoms with Crippen LogP contribution in [0.2, 0.25) is 0 Å². The Morgan fingerprint density at radius 1 is 0.955 bits per heavy atom. The molecule has 0 aromatic rings. The second-order valence-electron chi connectivity index (χ2n) is 7.21. The van der Waals surface area contributed by atoms with Crippen LogP contribution in [0.3, 0.4) is 0 Å². The van der Waals surface area contributed by atoms with Gasteiger partial charge in [0.15, 0.2) is 0 Å². The summed E-state index contributed by atoms with van der Waals surface area (Å²) >= 11 is 0. The quantitative estimate of drug-likeness (QED) is 0.856. The molecule has 5 nitrogen and oxygen atoms in total. The van der Waals surface area contributed by atoms with Crippen molar-refractivity contribution in [3.05, 3.63) is 0 Å². The van der Waals surface area contributed by atoms with Gasteiger partial charge in [-0.05, 0) is 31.1 Å². The molecule has 0 aromatic carbocycles. The number of carbonyl (C=O) groups is 2. The summed E-state index contributed by atoms with van der Waals surface area (Å²) in [6, 6.07) is 0.570. The third-order valence-electron chi connectivity index (χ3n) is 5.03. The summed E-state index contributed by atoms with van der Waals surface area (Å²) in [6.07, 6.45) is 4.36. The number of hydrogen-bond donors (Lipinski definition) is 1. The van der Waals surface area contributed by atoms with E-state index in [-0.39, 0.29) is 11.8 Å². The normalized spacial score (nSPS) is 29.5. The van der Waals surface area contributed by atoms with Gasteiger partial charge in [0.25, 0.3) is 0 Å². The highest BCUT2D eigenvalue weighted by Crippen LogP contribution is 2.28. The van der Waals surface area contributed by atoms with Gasteiger partial charge >= 0.3 is 0 Å². The number of hydrogen-bond acceptors (Lipinski definition) is 3. The molecule has 2 atom stereocenters. The molecule has 2 amide bonds. The second-order valence-corrected chi connectivity index (χ2v) is 7.21. The molecule has 0 spiro atoms. The zero-order valence-corrected chi connectivity index (χ0v) is 14.3. The molecule has 1 saturated carbocycles. The zero-order chi connectivity index (χ0) is 16.1. The van der Waals surface area contributed by atoms with E-state index in [0.717, 1.165) is 18.4 Å². The van der Waals surface area contributed by atoms with E-state index in [2.05, 4.69) is 19.2 Å². The minimum absolute atomic E-state index is 0.106. The summed E-state index contributed by atoms with van der Waals surface area (Å²) in [6.45, 7) is 9.71. The lowest BCUT2D eigenvalue weighted by atomic mass is 9.80. The molecular weight excluding hydrogens is 278 g/mol. The average Bonchev–Trinajstić information content (AvgIpc) is 2.46. The van der Waals surface area contributed by atoms with Gasteiger partial charge in [-0.3, -0.25) is 9.59 Å². The third-order valence-corrected chi connectivity index (χ3v) is 5.03. The fourth-order valence-corrected chi connectivity index (χ4v) is 3.93. The summed E-state index contributed by atoms with van der Waals surface area (Å²) in [5.74, 6) is 1.90. The van der Waals surface area contributed by atoms with Crippen LogP contribution in [0.5, 0.6) is 0 Å². The van der Waals surface area contributed by atoms with Gasteiger partial charge < -0.3 is 15.1 Å². The van der Waals surface area contributed by atoms with E-state index in [9.17, 15) is 9.59 Å². The molecule has 2 fully saturated rings. The smallest absolute Gasteiger partial charge is 0.223 e. The van der Waals surface area contributed by atoms with Crippen LogP contribution < -0.4 is 5.32 Å². The third kappa shape index (κ3) is 4.97. The van der Waals surface area contributed by atoms with Gasteiger partial charge in [-0.1, -0.05) is 13.8 Å². The van der Waals surface area contributed by atoms with E-state index >= 15 is 0 Å². The molecule has 126 valence electrons. The topological polar surface area (TPSA) is 52.7 Å². The van der Waals surface area contributed by atoms with Gasteiger partial charge in [-0.15, -0.1) is 0 Å². The molecule has 0 radical (unpaired) electrons. The van der Waals surface area contributed by atoms with Crippen molar-refractivity contribution in [3.8, 4) is 0 Å². The minimum Gasteiger partial charge on any atom is -0.339 e. The van der Waals surface area contributed by atoms with Crippen molar-refractivity contribution in [2.24, 2.45) is 11.8 Å². The van der Waals surface area contributed by atoms with Crippen molar-refractivity contribution in [2.75, 3.05) is 32.7 Å². The van der Waals surface area contributed by atoms with Crippen LogP contribution in [0.1, 0.15) is 46.5 Å². The van der Waals surface area contributed by atoms with E-state index in [0.29, 0.717) is 38.6 Å². The van der Waals surface area contributed by atoms with Crippen LogP contribution >= 0.6 is 0 Å². The first-order chi connectivity index (χ1) is 10.5. The largest absolute Gasteiger partial charge is 0.339 e. The number of piperazine rings is 1. The Hall–Kier alpha value is -1.10. The number of rotatable bonds is 4. The molecule has 1 aliphatic heterocycles. The van der Waals surface area contributed by atoms with Crippen molar-refractivity contribution >= 4 is 11.8 Å². The Bertz CT molecular complexity index is 381.